The Morgan fingerprint density at radius 2 is 1.71 bits per heavy atom. The maximum atomic E-state index is 14.9. The number of esters is 1. The van der Waals surface area contributed by atoms with Gasteiger partial charge in [0.1, 0.15) is 6.10 Å². The number of hydrogen-bond donors (Lipinski definition) is 1. The van der Waals surface area contributed by atoms with Gasteiger partial charge in [0.05, 0.1) is 5.92 Å². The van der Waals surface area contributed by atoms with Crippen molar-refractivity contribution in [3.63, 3.8) is 0 Å². The summed E-state index contributed by atoms with van der Waals surface area (Å²) in [5.41, 5.74) is 0. The highest BCUT2D eigenvalue weighted by Gasteiger charge is 2.84. The van der Waals surface area contributed by atoms with Crippen molar-refractivity contribution in [1.29, 1.82) is 0 Å². The van der Waals surface area contributed by atoms with Gasteiger partial charge in [-0.3, -0.25) is 4.79 Å². The average molecular weight is 424 g/mol. The first-order valence-corrected chi connectivity index (χ1v) is 9.13. The molecular weight excluding hydrogens is 401 g/mol. The number of carbonyl (C=O) groups excluding carboxylic acids is 1. The van der Waals surface area contributed by atoms with Crippen molar-refractivity contribution in [1.82, 2.24) is 0 Å². The summed E-state index contributed by atoms with van der Waals surface area (Å²) in [6, 6.07) is 0. The molecule has 0 aromatic rings. The number of alkyl halides is 7. The first-order chi connectivity index (χ1) is 12.7. The van der Waals surface area contributed by atoms with Crippen molar-refractivity contribution in [2.75, 3.05) is 0 Å². The first kappa shape index (κ1) is 23.2. The van der Waals surface area contributed by atoms with E-state index in [0.717, 1.165) is 0 Å². The smallest absolute Gasteiger partial charge is 0.449 e. The molecule has 0 aromatic carbocycles. The molecule has 0 amide bonds. The highest BCUT2D eigenvalue weighted by Crippen LogP contribution is 2.57. The Hall–Kier alpha value is -1.10. The topological polar surface area (TPSA) is 55.8 Å². The van der Waals surface area contributed by atoms with E-state index < -0.39 is 53.8 Å². The Morgan fingerprint density at radius 3 is 2.18 bits per heavy atom. The van der Waals surface area contributed by atoms with Crippen molar-refractivity contribution >= 4 is 5.97 Å². The molecule has 2 rings (SSSR count). The van der Waals surface area contributed by atoms with Crippen molar-refractivity contribution in [3.05, 3.63) is 0 Å². The van der Waals surface area contributed by atoms with Crippen molar-refractivity contribution in [3.8, 4) is 0 Å². The molecule has 28 heavy (non-hydrogen) atoms. The second-order valence-electron chi connectivity index (χ2n) is 7.50. The lowest BCUT2D eigenvalue weighted by atomic mass is 9.78. The van der Waals surface area contributed by atoms with E-state index in [4.69, 9.17) is 0 Å². The summed E-state index contributed by atoms with van der Waals surface area (Å²) < 4.78 is 107. The van der Waals surface area contributed by atoms with Crippen LogP contribution in [0.4, 0.5) is 30.7 Å². The Balaban J connectivity index is 2.52. The summed E-state index contributed by atoms with van der Waals surface area (Å²) in [6.45, 7) is 2.65. The zero-order chi connectivity index (χ0) is 21.5. The van der Waals surface area contributed by atoms with E-state index in [1.165, 1.54) is 13.8 Å². The van der Waals surface area contributed by atoms with E-state index in [1.54, 1.807) is 0 Å². The third-order valence-corrected chi connectivity index (χ3v) is 5.52. The minimum Gasteiger partial charge on any atom is -0.449 e. The van der Waals surface area contributed by atoms with Crippen molar-refractivity contribution in [2.45, 2.75) is 88.4 Å². The average Bonchev–Trinajstić information content (AvgIpc) is 2.61. The third kappa shape index (κ3) is 3.71. The van der Waals surface area contributed by atoms with Crippen LogP contribution in [0.25, 0.3) is 0 Å². The van der Waals surface area contributed by atoms with E-state index in [2.05, 4.69) is 9.47 Å². The molecule has 1 saturated carbocycles. The molecule has 1 heterocycles. The largest absolute Gasteiger partial charge is 0.449 e. The molecule has 0 spiro atoms. The van der Waals surface area contributed by atoms with Crippen LogP contribution >= 0.6 is 0 Å². The molecule has 1 aliphatic carbocycles. The van der Waals surface area contributed by atoms with Gasteiger partial charge in [-0.15, -0.1) is 0 Å². The van der Waals surface area contributed by atoms with Crippen LogP contribution in [-0.2, 0) is 14.3 Å². The lowest BCUT2D eigenvalue weighted by Crippen LogP contribution is -2.77. The summed E-state index contributed by atoms with van der Waals surface area (Å²) >= 11 is 0. The van der Waals surface area contributed by atoms with Gasteiger partial charge in [-0.1, -0.05) is 33.1 Å². The molecule has 2 fully saturated rings. The number of halogens is 7. The van der Waals surface area contributed by atoms with Gasteiger partial charge in [0, 0.05) is 0 Å². The Morgan fingerprint density at radius 1 is 1.18 bits per heavy atom. The minimum absolute atomic E-state index is 0.0196. The molecule has 0 aromatic heterocycles. The molecule has 164 valence electrons. The fourth-order valence-corrected chi connectivity index (χ4v) is 3.56. The van der Waals surface area contributed by atoms with Crippen LogP contribution in [-0.4, -0.2) is 47.1 Å². The number of rotatable bonds is 4. The highest BCUT2D eigenvalue weighted by molar-refractivity contribution is 5.72. The number of aliphatic hydroxyl groups is 1. The quantitative estimate of drug-likeness (QED) is 0.536. The van der Waals surface area contributed by atoms with Gasteiger partial charge in [0.15, 0.2) is 0 Å². The van der Waals surface area contributed by atoms with E-state index in [1.807, 2.05) is 0 Å². The summed E-state index contributed by atoms with van der Waals surface area (Å²) in [5.74, 6) is -19.2. The van der Waals surface area contributed by atoms with Crippen LogP contribution in [0.3, 0.4) is 0 Å². The number of carbonyl (C=O) groups is 1. The zero-order valence-corrected chi connectivity index (χ0v) is 15.4. The monoisotopic (exact) mass is 424 g/mol. The fraction of sp³-hybridized carbons (Fsp3) is 0.941. The lowest BCUT2D eigenvalue weighted by Gasteiger charge is -2.52. The van der Waals surface area contributed by atoms with Gasteiger partial charge < -0.3 is 14.6 Å². The van der Waals surface area contributed by atoms with Crippen LogP contribution in [0.5, 0.6) is 0 Å². The summed E-state index contributed by atoms with van der Waals surface area (Å²) in [6.07, 6.45) is -11.0. The summed E-state index contributed by atoms with van der Waals surface area (Å²) in [7, 11) is 0. The summed E-state index contributed by atoms with van der Waals surface area (Å²) in [4.78, 5) is 11.9. The Kier molecular flexibility index (Phi) is 6.31. The van der Waals surface area contributed by atoms with E-state index in [0.29, 0.717) is 19.3 Å². The van der Waals surface area contributed by atoms with E-state index >= 15 is 0 Å². The minimum atomic E-state index is -6.10. The van der Waals surface area contributed by atoms with Crippen LogP contribution in [0, 0.1) is 11.8 Å². The van der Waals surface area contributed by atoms with Gasteiger partial charge in [0.2, 0.25) is 6.10 Å². The molecule has 1 saturated heterocycles. The molecule has 0 radical (unpaired) electrons. The van der Waals surface area contributed by atoms with Crippen LogP contribution in [0.15, 0.2) is 0 Å². The second kappa shape index (κ2) is 7.62. The Bertz CT molecular complexity index is 574. The SMILES string of the molecule is CCC(C)C(=O)OC1C(F)(F)C(C2CCCCC2)OC(O)(C(F)(F)F)C1(F)F. The highest BCUT2D eigenvalue weighted by atomic mass is 19.4. The maximum absolute atomic E-state index is 14.9. The molecule has 4 atom stereocenters. The first-order valence-electron chi connectivity index (χ1n) is 9.13. The molecule has 1 N–H and O–H groups in total. The predicted molar refractivity (Wildman–Crippen MR) is 81.7 cm³/mol. The molecule has 0 bridgehead atoms. The van der Waals surface area contributed by atoms with Crippen molar-refractivity contribution in [2.24, 2.45) is 11.8 Å². The fourth-order valence-electron chi connectivity index (χ4n) is 3.56. The van der Waals surface area contributed by atoms with Crippen LogP contribution in [0.2, 0.25) is 0 Å². The molecule has 4 unspecified atom stereocenters. The summed E-state index contributed by atoms with van der Waals surface area (Å²) in [5, 5.41) is 9.73. The zero-order valence-electron chi connectivity index (χ0n) is 15.4. The van der Waals surface area contributed by atoms with Gasteiger partial charge in [-0.25, -0.2) is 0 Å². The van der Waals surface area contributed by atoms with E-state index in [9.17, 15) is 40.6 Å². The number of hydrogen-bond acceptors (Lipinski definition) is 4. The van der Waals surface area contributed by atoms with Crippen molar-refractivity contribution < 1.29 is 50.1 Å². The number of ether oxygens (including phenoxy) is 2. The lowest BCUT2D eigenvalue weighted by molar-refractivity contribution is -0.499. The molecule has 2 aliphatic rings. The maximum Gasteiger partial charge on any atom is 0.449 e. The molecule has 1 aliphatic heterocycles. The van der Waals surface area contributed by atoms with Gasteiger partial charge in [-0.05, 0) is 25.2 Å². The van der Waals surface area contributed by atoms with Crippen LogP contribution < -0.4 is 0 Å². The third-order valence-electron chi connectivity index (χ3n) is 5.52. The van der Waals surface area contributed by atoms with Gasteiger partial charge in [0.25, 0.3) is 0 Å². The normalized spacial score (nSPS) is 34.6. The molecule has 4 nitrogen and oxygen atoms in total. The predicted octanol–water partition coefficient (Wildman–Crippen LogP) is 4.44. The standard InChI is InChI=1S/C17H23F7O4/c1-3-9(2)12(25)27-13-14(18,19)11(10-7-5-4-6-8-10)28-16(26,15(13,20)21)17(22,23)24/h9-11,13,26H,3-8H2,1-2H3. The molecule has 11 heteroatoms. The van der Waals surface area contributed by atoms with Gasteiger partial charge in [-0.2, -0.15) is 30.7 Å². The Labute approximate surface area is 157 Å². The van der Waals surface area contributed by atoms with Crippen LogP contribution in [0.1, 0.15) is 52.4 Å². The van der Waals surface area contributed by atoms with E-state index in [-0.39, 0.29) is 19.3 Å². The molecular formula is C17H23F7O4. The van der Waals surface area contributed by atoms with Gasteiger partial charge >= 0.3 is 29.8 Å². The second-order valence-corrected chi connectivity index (χ2v) is 7.50.